The van der Waals surface area contributed by atoms with E-state index in [2.05, 4.69) is 0 Å². The maximum Gasteiger partial charge on any atom is 0.420 e. The van der Waals surface area contributed by atoms with E-state index in [0.717, 1.165) is 41.3 Å². The second-order valence-corrected chi connectivity index (χ2v) is 6.75. The SMILES string of the molecule is O=C(O)c1ccc(CN(C(=O)Oc2ccc([N+](=O)[O-])cc2)c2ccc(C(F)(F)F)cc2)cc1. The highest BCUT2D eigenvalue weighted by molar-refractivity contribution is 5.89. The van der Waals surface area contributed by atoms with Crippen LogP contribution in [0.2, 0.25) is 0 Å². The number of carbonyl (C=O) groups is 2. The smallest absolute Gasteiger partial charge is 0.420 e. The molecule has 0 aliphatic heterocycles. The van der Waals surface area contributed by atoms with E-state index in [4.69, 9.17) is 9.84 Å². The van der Waals surface area contributed by atoms with Crippen LogP contribution in [0.1, 0.15) is 21.5 Å². The molecule has 0 bridgehead atoms. The van der Waals surface area contributed by atoms with Crippen molar-refractivity contribution in [1.82, 2.24) is 0 Å². The fourth-order valence-corrected chi connectivity index (χ4v) is 2.82. The van der Waals surface area contributed by atoms with Crippen LogP contribution in [0.15, 0.2) is 72.8 Å². The Kier molecular flexibility index (Phi) is 6.61. The first-order chi connectivity index (χ1) is 15.5. The molecule has 0 radical (unpaired) electrons. The van der Waals surface area contributed by atoms with Crippen molar-refractivity contribution in [3.05, 3.63) is 99.6 Å². The number of carboxylic acids is 1. The number of benzene rings is 3. The molecule has 3 rings (SSSR count). The molecule has 11 heteroatoms. The van der Waals surface area contributed by atoms with E-state index in [1.807, 2.05) is 0 Å². The predicted octanol–water partition coefficient (Wildman–Crippen LogP) is 5.52. The second kappa shape index (κ2) is 9.39. The molecule has 3 aromatic carbocycles. The minimum Gasteiger partial charge on any atom is -0.478 e. The normalized spacial score (nSPS) is 11.0. The third-order valence-corrected chi connectivity index (χ3v) is 4.52. The average molecular weight is 460 g/mol. The van der Waals surface area contributed by atoms with Gasteiger partial charge in [-0.15, -0.1) is 0 Å². The van der Waals surface area contributed by atoms with E-state index in [-0.39, 0.29) is 29.2 Å². The molecule has 170 valence electrons. The van der Waals surface area contributed by atoms with Crippen molar-refractivity contribution >= 4 is 23.4 Å². The summed E-state index contributed by atoms with van der Waals surface area (Å²) in [6, 6.07) is 14.1. The van der Waals surface area contributed by atoms with Crippen molar-refractivity contribution in [2.75, 3.05) is 4.90 Å². The van der Waals surface area contributed by atoms with Crippen molar-refractivity contribution in [2.24, 2.45) is 0 Å². The summed E-state index contributed by atoms with van der Waals surface area (Å²) in [7, 11) is 0. The highest BCUT2D eigenvalue weighted by Gasteiger charge is 2.30. The Bertz CT molecular complexity index is 1160. The molecule has 0 aromatic heterocycles. The number of nitro groups is 1. The topological polar surface area (TPSA) is 110 Å². The highest BCUT2D eigenvalue weighted by Crippen LogP contribution is 2.31. The zero-order valence-electron chi connectivity index (χ0n) is 16.7. The predicted molar refractivity (Wildman–Crippen MR) is 110 cm³/mol. The van der Waals surface area contributed by atoms with Gasteiger partial charge in [-0.3, -0.25) is 15.0 Å². The molecule has 0 fully saturated rings. The third-order valence-electron chi connectivity index (χ3n) is 4.52. The number of nitro benzene ring substituents is 1. The minimum atomic E-state index is -4.56. The maximum atomic E-state index is 12.9. The van der Waals surface area contributed by atoms with Gasteiger partial charge in [-0.2, -0.15) is 13.2 Å². The van der Waals surface area contributed by atoms with Crippen LogP contribution < -0.4 is 9.64 Å². The van der Waals surface area contributed by atoms with E-state index in [0.29, 0.717) is 5.56 Å². The van der Waals surface area contributed by atoms with E-state index in [9.17, 15) is 32.9 Å². The molecule has 8 nitrogen and oxygen atoms in total. The van der Waals surface area contributed by atoms with E-state index in [1.165, 1.54) is 36.4 Å². The largest absolute Gasteiger partial charge is 0.478 e. The number of non-ortho nitro benzene ring substituents is 1. The lowest BCUT2D eigenvalue weighted by molar-refractivity contribution is -0.384. The number of nitrogens with zero attached hydrogens (tertiary/aromatic N) is 2. The van der Waals surface area contributed by atoms with Crippen molar-refractivity contribution in [2.45, 2.75) is 12.7 Å². The van der Waals surface area contributed by atoms with Crippen LogP contribution in [0.25, 0.3) is 0 Å². The zero-order valence-corrected chi connectivity index (χ0v) is 16.7. The van der Waals surface area contributed by atoms with Gasteiger partial charge < -0.3 is 9.84 Å². The Morgan fingerprint density at radius 2 is 1.52 bits per heavy atom. The summed E-state index contributed by atoms with van der Waals surface area (Å²) in [4.78, 5) is 35.1. The number of aromatic carboxylic acids is 1. The van der Waals surface area contributed by atoms with Gasteiger partial charge in [-0.1, -0.05) is 12.1 Å². The number of ether oxygens (including phenoxy) is 1. The molecular weight excluding hydrogens is 445 g/mol. The molecule has 0 atom stereocenters. The Balaban J connectivity index is 1.89. The number of halogens is 3. The van der Waals surface area contributed by atoms with Crippen LogP contribution in [-0.4, -0.2) is 22.1 Å². The van der Waals surface area contributed by atoms with Crippen molar-refractivity contribution in [3.8, 4) is 5.75 Å². The van der Waals surface area contributed by atoms with Crippen molar-refractivity contribution < 1.29 is 37.5 Å². The van der Waals surface area contributed by atoms with Gasteiger partial charge in [0, 0.05) is 17.8 Å². The first-order valence-corrected chi connectivity index (χ1v) is 9.28. The van der Waals surface area contributed by atoms with E-state index in [1.54, 1.807) is 0 Å². The number of amides is 1. The van der Waals surface area contributed by atoms with Crippen molar-refractivity contribution in [1.29, 1.82) is 0 Å². The molecule has 0 saturated heterocycles. The summed E-state index contributed by atoms with van der Waals surface area (Å²) in [6.07, 6.45) is -5.51. The van der Waals surface area contributed by atoms with Gasteiger partial charge in [0.15, 0.2) is 0 Å². The van der Waals surface area contributed by atoms with Crippen LogP contribution in [0.5, 0.6) is 5.75 Å². The molecule has 0 spiro atoms. The Labute approximate surface area is 184 Å². The fourth-order valence-electron chi connectivity index (χ4n) is 2.82. The Morgan fingerprint density at radius 3 is 2.00 bits per heavy atom. The van der Waals surface area contributed by atoms with E-state index < -0.39 is 28.7 Å². The van der Waals surface area contributed by atoms with Gasteiger partial charge in [-0.05, 0) is 54.1 Å². The summed E-state index contributed by atoms with van der Waals surface area (Å²) in [5, 5.41) is 19.8. The summed E-state index contributed by atoms with van der Waals surface area (Å²) in [6.45, 7) is -0.142. The molecule has 3 aromatic rings. The maximum absolute atomic E-state index is 12.9. The molecule has 0 unspecified atom stereocenters. The lowest BCUT2D eigenvalue weighted by Gasteiger charge is -2.23. The molecule has 0 aliphatic carbocycles. The third kappa shape index (κ3) is 5.85. The van der Waals surface area contributed by atoms with E-state index >= 15 is 0 Å². The number of rotatable bonds is 6. The molecule has 1 amide bonds. The second-order valence-electron chi connectivity index (χ2n) is 6.75. The summed E-state index contributed by atoms with van der Waals surface area (Å²) in [5.41, 5.74) is -0.514. The summed E-state index contributed by atoms with van der Waals surface area (Å²) < 4.78 is 44.0. The first kappa shape index (κ1) is 23.3. The lowest BCUT2D eigenvalue weighted by Crippen LogP contribution is -2.33. The van der Waals surface area contributed by atoms with Gasteiger partial charge in [0.1, 0.15) is 5.75 Å². The number of hydrogen-bond acceptors (Lipinski definition) is 5. The van der Waals surface area contributed by atoms with Gasteiger partial charge in [0.2, 0.25) is 0 Å². The van der Waals surface area contributed by atoms with Crippen LogP contribution in [0.4, 0.5) is 29.3 Å². The molecular formula is C22H15F3N2O6. The van der Waals surface area contributed by atoms with Crippen molar-refractivity contribution in [3.63, 3.8) is 0 Å². The zero-order chi connectivity index (χ0) is 24.2. The minimum absolute atomic E-state index is 0.0104. The van der Waals surface area contributed by atoms with Gasteiger partial charge in [-0.25, -0.2) is 9.59 Å². The molecule has 0 heterocycles. The molecule has 0 saturated carbocycles. The number of carboxylic acid groups (broad SMARTS) is 1. The fraction of sp³-hybridized carbons (Fsp3) is 0.0909. The Hall–Kier alpha value is -4.41. The molecule has 0 aliphatic rings. The van der Waals surface area contributed by atoms with Crippen LogP contribution in [0, 0.1) is 10.1 Å². The summed E-state index contributed by atoms with van der Waals surface area (Å²) >= 11 is 0. The quantitative estimate of drug-likeness (QED) is 0.383. The molecule has 1 N–H and O–H groups in total. The first-order valence-electron chi connectivity index (χ1n) is 9.28. The van der Waals surface area contributed by atoms with Crippen LogP contribution in [-0.2, 0) is 12.7 Å². The Morgan fingerprint density at radius 1 is 0.939 bits per heavy atom. The lowest BCUT2D eigenvalue weighted by atomic mass is 10.1. The standard InChI is InChI=1S/C22H15F3N2O6/c23-22(24,25)16-5-7-17(8-6-16)26(13-14-1-3-15(4-2-14)20(28)29)21(30)33-19-11-9-18(10-12-19)27(31)32/h1-12H,13H2,(H,28,29). The number of carbonyl (C=O) groups excluding carboxylic acids is 1. The number of hydrogen-bond donors (Lipinski definition) is 1. The average Bonchev–Trinajstić information content (AvgIpc) is 2.77. The van der Waals surface area contributed by atoms with Gasteiger partial charge in [0.25, 0.3) is 5.69 Å². The van der Waals surface area contributed by atoms with Crippen LogP contribution >= 0.6 is 0 Å². The molecule has 33 heavy (non-hydrogen) atoms. The number of alkyl halides is 3. The van der Waals surface area contributed by atoms with Gasteiger partial charge in [0.05, 0.1) is 22.6 Å². The van der Waals surface area contributed by atoms with Crippen LogP contribution in [0.3, 0.4) is 0 Å². The monoisotopic (exact) mass is 460 g/mol. The number of anilines is 1. The van der Waals surface area contributed by atoms with Gasteiger partial charge >= 0.3 is 18.2 Å². The highest BCUT2D eigenvalue weighted by atomic mass is 19.4. The summed E-state index contributed by atoms with van der Waals surface area (Å²) in [5.74, 6) is -1.15.